The Morgan fingerprint density at radius 1 is 0.280 bits per heavy atom. The molecule has 0 aliphatic carbocycles. The van der Waals surface area contributed by atoms with E-state index in [0.29, 0.717) is 103 Å². The first-order valence-electron chi connectivity index (χ1n) is 29.4. The highest BCUT2D eigenvalue weighted by molar-refractivity contribution is 6.21. The molecule has 12 nitrogen and oxygen atoms in total. The average molecular weight is 1020 g/mol. The molecular formula is C63H84N6O6. The van der Waals surface area contributed by atoms with Gasteiger partial charge in [0.2, 0.25) is 0 Å². The number of hydrogen-bond acceptors (Lipinski definition) is 12. The van der Waals surface area contributed by atoms with Gasteiger partial charge in [-0.2, -0.15) is 0 Å². The summed E-state index contributed by atoms with van der Waals surface area (Å²) in [5.41, 5.74) is 6.89. The summed E-state index contributed by atoms with van der Waals surface area (Å²) in [5, 5.41) is 0. The predicted octanol–water partition coefficient (Wildman–Crippen LogP) is 17.2. The molecule has 0 bridgehead atoms. The molecule has 4 aromatic carbocycles. The second-order valence-electron chi connectivity index (χ2n) is 20.8. The van der Waals surface area contributed by atoms with E-state index in [4.69, 9.17) is 44.1 Å². The molecule has 75 heavy (non-hydrogen) atoms. The summed E-state index contributed by atoms with van der Waals surface area (Å²) in [6.07, 6.45) is 36.0. The SMILES string of the molecule is CCCCCCCCCCCCOC(=O)c1ccc2nc3c4nc5ccc(C(=O)OCCCCCCCCCCCC)cc5nc4c4nc5cc(C(=O)OCCCCCCCCCCCC)ccc5nc4c3nc2c1. The number of ether oxygens (including phenoxy) is 3. The van der Waals surface area contributed by atoms with Gasteiger partial charge in [0.25, 0.3) is 0 Å². The summed E-state index contributed by atoms with van der Waals surface area (Å²) in [4.78, 5) is 70.7. The Labute approximate surface area is 445 Å². The van der Waals surface area contributed by atoms with Gasteiger partial charge in [-0.1, -0.05) is 194 Å². The third-order valence-electron chi connectivity index (χ3n) is 14.6. The predicted molar refractivity (Wildman–Crippen MR) is 305 cm³/mol. The van der Waals surface area contributed by atoms with Crippen LogP contribution in [0, 0.1) is 0 Å². The fourth-order valence-corrected chi connectivity index (χ4v) is 10.0. The molecule has 7 aromatic rings. The van der Waals surface area contributed by atoms with Gasteiger partial charge in [-0.05, 0) is 73.9 Å². The minimum Gasteiger partial charge on any atom is -0.462 e. The largest absolute Gasteiger partial charge is 0.462 e. The van der Waals surface area contributed by atoms with Crippen molar-refractivity contribution in [1.82, 2.24) is 29.9 Å². The highest BCUT2D eigenvalue weighted by Crippen LogP contribution is 2.34. The summed E-state index contributed by atoms with van der Waals surface area (Å²) in [5.74, 6) is -1.22. The van der Waals surface area contributed by atoms with Crippen LogP contribution in [-0.4, -0.2) is 67.6 Å². The van der Waals surface area contributed by atoms with E-state index in [9.17, 15) is 14.4 Å². The van der Waals surface area contributed by atoms with Crippen LogP contribution in [0.1, 0.15) is 244 Å². The quantitative estimate of drug-likeness (QED) is 0.0121. The minimum absolute atomic E-state index is 0.357. The van der Waals surface area contributed by atoms with Gasteiger partial charge in [0.1, 0.15) is 33.1 Å². The molecule has 0 fully saturated rings. The molecule has 0 unspecified atom stereocenters. The lowest BCUT2D eigenvalue weighted by Gasteiger charge is -2.12. The van der Waals surface area contributed by atoms with E-state index in [1.54, 1.807) is 54.6 Å². The summed E-state index contributed by atoms with van der Waals surface area (Å²) in [6, 6.07) is 15.6. The third kappa shape index (κ3) is 17.0. The zero-order valence-electron chi connectivity index (χ0n) is 45.7. The third-order valence-corrected chi connectivity index (χ3v) is 14.6. The van der Waals surface area contributed by atoms with Crippen molar-refractivity contribution in [3.63, 3.8) is 0 Å². The summed E-state index contributed by atoms with van der Waals surface area (Å²) < 4.78 is 17.2. The van der Waals surface area contributed by atoms with E-state index in [2.05, 4.69) is 20.8 Å². The van der Waals surface area contributed by atoms with Crippen LogP contribution < -0.4 is 0 Å². The Balaban J connectivity index is 1.10. The molecule has 0 amide bonds. The summed E-state index contributed by atoms with van der Waals surface area (Å²) in [6.45, 7) is 7.82. The Morgan fingerprint density at radius 2 is 0.480 bits per heavy atom. The van der Waals surface area contributed by atoms with Gasteiger partial charge in [0.15, 0.2) is 0 Å². The van der Waals surface area contributed by atoms with E-state index in [0.717, 1.165) is 57.8 Å². The Hall–Kier alpha value is -5.91. The van der Waals surface area contributed by atoms with Crippen LogP contribution in [0.15, 0.2) is 54.6 Å². The van der Waals surface area contributed by atoms with Crippen LogP contribution in [0.2, 0.25) is 0 Å². The van der Waals surface area contributed by atoms with E-state index in [1.807, 2.05) is 0 Å². The average Bonchev–Trinajstić information content (AvgIpc) is 3.48. The topological polar surface area (TPSA) is 156 Å². The highest BCUT2D eigenvalue weighted by Gasteiger charge is 2.21. The van der Waals surface area contributed by atoms with Gasteiger partial charge in [0, 0.05) is 0 Å². The fraction of sp³-hybridized carbons (Fsp3) is 0.571. The van der Waals surface area contributed by atoms with E-state index in [-0.39, 0.29) is 0 Å². The zero-order chi connectivity index (χ0) is 52.5. The number of esters is 3. The molecular weight excluding hydrogens is 937 g/mol. The van der Waals surface area contributed by atoms with Crippen molar-refractivity contribution in [2.45, 2.75) is 213 Å². The first-order valence-corrected chi connectivity index (χ1v) is 29.4. The van der Waals surface area contributed by atoms with Crippen molar-refractivity contribution in [2.24, 2.45) is 0 Å². The van der Waals surface area contributed by atoms with Gasteiger partial charge in [-0.15, -0.1) is 0 Å². The first-order chi connectivity index (χ1) is 36.9. The second kappa shape index (κ2) is 31.2. The Bertz CT molecular complexity index is 2940. The van der Waals surface area contributed by atoms with Gasteiger partial charge in [-0.25, -0.2) is 44.3 Å². The Morgan fingerprint density at radius 3 is 0.707 bits per heavy atom. The number of benzene rings is 4. The number of carbonyl (C=O) groups excluding carboxylic acids is 3. The van der Waals surface area contributed by atoms with Crippen molar-refractivity contribution >= 4 is 84.1 Å². The second-order valence-corrected chi connectivity index (χ2v) is 20.8. The number of aromatic nitrogens is 6. The van der Waals surface area contributed by atoms with Gasteiger partial charge in [0.05, 0.1) is 69.6 Å². The van der Waals surface area contributed by atoms with E-state index >= 15 is 0 Å². The van der Waals surface area contributed by atoms with Crippen LogP contribution in [0.4, 0.5) is 0 Å². The van der Waals surface area contributed by atoms with Crippen LogP contribution in [0.5, 0.6) is 0 Å². The van der Waals surface area contributed by atoms with Crippen molar-refractivity contribution < 1.29 is 28.6 Å². The van der Waals surface area contributed by atoms with Crippen LogP contribution >= 0.6 is 0 Å². The first kappa shape index (κ1) is 56.8. The molecule has 7 rings (SSSR count). The molecule has 3 heterocycles. The molecule has 402 valence electrons. The Kier molecular flexibility index (Phi) is 23.6. The summed E-state index contributed by atoms with van der Waals surface area (Å²) >= 11 is 0. The standard InChI is InChI=1S/C63H84N6O6/c1-4-7-10-13-16-19-22-25-28-31-40-73-61(70)46-34-37-49-52(43-46)67-58-55(64-49)56-59(68-53-44-47(35-38-50(53)65-56)62(71)74-41-32-29-26-23-20-17-14-11-8-5-2)60-57(58)66-51-39-36-48(45-54(51)69-60)63(72)75-42-33-30-27-24-21-18-15-12-9-6-3/h34-39,43-45H,4-33,40-42H2,1-3H3. The molecule has 0 saturated heterocycles. The smallest absolute Gasteiger partial charge is 0.338 e. The number of hydrogen-bond donors (Lipinski definition) is 0. The van der Waals surface area contributed by atoms with Crippen LogP contribution in [0.25, 0.3) is 66.2 Å². The lowest BCUT2D eigenvalue weighted by molar-refractivity contribution is 0.0488. The zero-order valence-corrected chi connectivity index (χ0v) is 45.7. The number of unbranched alkanes of at least 4 members (excludes halogenated alkanes) is 27. The number of rotatable bonds is 36. The summed E-state index contributed by atoms with van der Waals surface area (Å²) in [7, 11) is 0. The van der Waals surface area contributed by atoms with Gasteiger partial charge >= 0.3 is 17.9 Å². The lowest BCUT2D eigenvalue weighted by atomic mass is 10.1. The lowest BCUT2D eigenvalue weighted by Crippen LogP contribution is -2.07. The molecule has 12 heteroatoms. The van der Waals surface area contributed by atoms with Crippen molar-refractivity contribution in [1.29, 1.82) is 0 Å². The van der Waals surface area contributed by atoms with Gasteiger partial charge < -0.3 is 14.2 Å². The van der Waals surface area contributed by atoms with Crippen molar-refractivity contribution in [2.75, 3.05) is 19.8 Å². The van der Waals surface area contributed by atoms with E-state index in [1.165, 1.54) is 135 Å². The molecule has 0 N–H and O–H groups in total. The number of carbonyl (C=O) groups is 3. The molecule has 0 radical (unpaired) electrons. The van der Waals surface area contributed by atoms with Crippen molar-refractivity contribution in [3.8, 4) is 0 Å². The highest BCUT2D eigenvalue weighted by atomic mass is 16.5. The minimum atomic E-state index is -0.411. The molecule has 3 aromatic heterocycles. The number of fused-ring (bicyclic) bond motifs is 9. The number of nitrogens with zero attached hydrogens (tertiary/aromatic N) is 6. The molecule has 0 aliphatic heterocycles. The van der Waals surface area contributed by atoms with Crippen LogP contribution in [-0.2, 0) is 14.2 Å². The monoisotopic (exact) mass is 1020 g/mol. The van der Waals surface area contributed by atoms with Crippen LogP contribution in [0.3, 0.4) is 0 Å². The normalized spacial score (nSPS) is 11.7. The van der Waals surface area contributed by atoms with Crippen molar-refractivity contribution in [3.05, 3.63) is 71.3 Å². The maximum Gasteiger partial charge on any atom is 0.338 e. The fourth-order valence-electron chi connectivity index (χ4n) is 10.0. The molecule has 0 spiro atoms. The maximum atomic E-state index is 13.4. The molecule has 0 atom stereocenters. The van der Waals surface area contributed by atoms with Gasteiger partial charge in [-0.3, -0.25) is 0 Å². The maximum absolute atomic E-state index is 13.4. The molecule has 0 saturated carbocycles. The van der Waals surface area contributed by atoms with E-state index < -0.39 is 17.9 Å². The molecule has 0 aliphatic rings.